The largest absolute Gasteiger partial charge is 0.309 e. The first kappa shape index (κ1) is 36.4. The number of fused-ring (bicyclic) bond motifs is 11. The van der Waals surface area contributed by atoms with Crippen LogP contribution < -0.4 is 4.90 Å². The molecular weight excluding hydrogens is 735 g/mol. The number of hydrogen-bond donors (Lipinski definition) is 0. The third kappa shape index (κ3) is 5.13. The molecule has 8 aromatic rings. The highest BCUT2D eigenvalue weighted by atomic mass is 15.1. The zero-order chi connectivity index (χ0) is 41.1. The van der Waals surface area contributed by atoms with Gasteiger partial charge < -0.3 is 4.90 Å². The molecule has 4 aliphatic carbocycles. The van der Waals surface area contributed by atoms with Crippen LogP contribution in [0.1, 0.15) is 93.2 Å². The molecule has 0 aliphatic heterocycles. The maximum atomic E-state index is 2.60. The van der Waals surface area contributed by atoms with Crippen LogP contribution in [0.3, 0.4) is 0 Å². The van der Waals surface area contributed by atoms with Gasteiger partial charge in [0.1, 0.15) is 0 Å². The topological polar surface area (TPSA) is 3.24 Å². The Labute approximate surface area is 361 Å². The van der Waals surface area contributed by atoms with E-state index in [9.17, 15) is 0 Å². The van der Waals surface area contributed by atoms with Crippen molar-refractivity contribution in [1.29, 1.82) is 0 Å². The van der Waals surface area contributed by atoms with Crippen molar-refractivity contribution in [2.75, 3.05) is 4.90 Å². The summed E-state index contributed by atoms with van der Waals surface area (Å²) in [6.45, 7) is 9.51. The van der Waals surface area contributed by atoms with E-state index in [1.54, 1.807) is 0 Å². The van der Waals surface area contributed by atoms with Gasteiger partial charge in [-0.1, -0.05) is 193 Å². The molecule has 1 fully saturated rings. The molecule has 1 saturated carbocycles. The van der Waals surface area contributed by atoms with E-state index < -0.39 is 0 Å². The van der Waals surface area contributed by atoms with Gasteiger partial charge in [0.15, 0.2) is 0 Å². The van der Waals surface area contributed by atoms with Gasteiger partial charge in [0.2, 0.25) is 0 Å². The van der Waals surface area contributed by atoms with E-state index in [-0.39, 0.29) is 16.2 Å². The van der Waals surface area contributed by atoms with Crippen LogP contribution in [-0.4, -0.2) is 0 Å². The Kier molecular flexibility index (Phi) is 7.93. The van der Waals surface area contributed by atoms with Gasteiger partial charge in [-0.05, 0) is 121 Å². The summed E-state index contributed by atoms with van der Waals surface area (Å²) in [4.78, 5) is 2.60. The van der Waals surface area contributed by atoms with Crippen molar-refractivity contribution in [1.82, 2.24) is 0 Å². The van der Waals surface area contributed by atoms with Crippen LogP contribution >= 0.6 is 0 Å². The Morgan fingerprint density at radius 3 is 1.59 bits per heavy atom. The first-order valence-corrected chi connectivity index (χ1v) is 22.5. The van der Waals surface area contributed by atoms with Gasteiger partial charge in [-0.3, -0.25) is 0 Å². The van der Waals surface area contributed by atoms with Crippen LogP contribution in [0.4, 0.5) is 17.1 Å². The van der Waals surface area contributed by atoms with Crippen LogP contribution in [0.5, 0.6) is 0 Å². The number of benzene rings is 8. The first-order valence-electron chi connectivity index (χ1n) is 22.5. The number of anilines is 3. The maximum absolute atomic E-state index is 2.60. The third-order valence-corrected chi connectivity index (χ3v) is 15.3. The van der Waals surface area contributed by atoms with Crippen molar-refractivity contribution in [2.24, 2.45) is 0 Å². The average Bonchev–Trinajstić information content (AvgIpc) is 3.81. The second-order valence-electron chi connectivity index (χ2n) is 19.1. The predicted molar refractivity (Wildman–Crippen MR) is 256 cm³/mol. The molecule has 8 aromatic carbocycles. The van der Waals surface area contributed by atoms with Gasteiger partial charge in [-0.15, -0.1) is 0 Å². The van der Waals surface area contributed by atoms with E-state index in [1.165, 1.54) is 138 Å². The summed E-state index contributed by atoms with van der Waals surface area (Å²) in [5, 5.41) is 0. The smallest absolute Gasteiger partial charge is 0.0540 e. The number of para-hydroxylation sites is 2. The van der Waals surface area contributed by atoms with Gasteiger partial charge in [-0.25, -0.2) is 0 Å². The zero-order valence-corrected chi connectivity index (χ0v) is 35.7. The summed E-state index contributed by atoms with van der Waals surface area (Å²) in [5.74, 6) is 0. The quantitative estimate of drug-likeness (QED) is 0.168. The summed E-state index contributed by atoms with van der Waals surface area (Å²) >= 11 is 0. The Hall–Kier alpha value is -6.44. The SMILES string of the molecule is CC1(C)c2ccccc2-c2cc(-c3ccccc3N(c3ccc4c(c3)C3(CCCCC3)c3ccccc3-4)c3ccccc3-c3cccc4c3-c3ccccc3C4(C)C)ccc21. The molecule has 61 heavy (non-hydrogen) atoms. The normalized spacial score (nSPS) is 16.6. The van der Waals surface area contributed by atoms with Gasteiger partial charge in [0, 0.05) is 33.1 Å². The molecule has 1 spiro atoms. The van der Waals surface area contributed by atoms with Crippen molar-refractivity contribution < 1.29 is 0 Å². The van der Waals surface area contributed by atoms with Crippen LogP contribution in [0, 0.1) is 0 Å². The number of hydrogen-bond acceptors (Lipinski definition) is 1. The molecule has 0 atom stereocenters. The molecule has 4 aliphatic rings. The molecule has 0 N–H and O–H groups in total. The van der Waals surface area contributed by atoms with E-state index in [0.29, 0.717) is 0 Å². The fraction of sp³-hybridized carbons (Fsp3) is 0.200. The van der Waals surface area contributed by atoms with E-state index in [0.717, 1.165) is 0 Å². The molecule has 0 radical (unpaired) electrons. The molecule has 0 saturated heterocycles. The lowest BCUT2D eigenvalue weighted by molar-refractivity contribution is 0.353. The second-order valence-corrected chi connectivity index (χ2v) is 19.1. The van der Waals surface area contributed by atoms with Crippen LogP contribution in [0.2, 0.25) is 0 Å². The number of rotatable bonds is 5. The first-order chi connectivity index (χ1) is 29.8. The minimum atomic E-state index is -0.0901. The fourth-order valence-electron chi connectivity index (χ4n) is 12.4. The van der Waals surface area contributed by atoms with Crippen molar-refractivity contribution in [3.8, 4) is 55.6 Å². The minimum absolute atomic E-state index is 0.0423. The minimum Gasteiger partial charge on any atom is -0.309 e. The molecule has 0 bridgehead atoms. The van der Waals surface area contributed by atoms with Gasteiger partial charge in [0.25, 0.3) is 0 Å². The van der Waals surface area contributed by atoms with E-state index in [4.69, 9.17) is 0 Å². The summed E-state index contributed by atoms with van der Waals surface area (Å²) in [7, 11) is 0. The Balaban J connectivity index is 1.11. The highest BCUT2D eigenvalue weighted by Crippen LogP contribution is 2.59. The third-order valence-electron chi connectivity index (χ3n) is 15.3. The van der Waals surface area contributed by atoms with Crippen molar-refractivity contribution >= 4 is 17.1 Å². The monoisotopic (exact) mass is 785 g/mol. The Morgan fingerprint density at radius 1 is 0.344 bits per heavy atom. The van der Waals surface area contributed by atoms with Gasteiger partial charge in [-0.2, -0.15) is 0 Å². The molecule has 0 heterocycles. The average molecular weight is 786 g/mol. The molecule has 1 heteroatoms. The molecule has 1 nitrogen and oxygen atoms in total. The fourth-order valence-corrected chi connectivity index (χ4v) is 12.4. The van der Waals surface area contributed by atoms with E-state index >= 15 is 0 Å². The van der Waals surface area contributed by atoms with E-state index in [1.807, 2.05) is 0 Å². The van der Waals surface area contributed by atoms with Gasteiger partial charge >= 0.3 is 0 Å². The highest BCUT2D eigenvalue weighted by Gasteiger charge is 2.44. The lowest BCUT2D eigenvalue weighted by Crippen LogP contribution is -2.28. The van der Waals surface area contributed by atoms with Crippen LogP contribution in [0.25, 0.3) is 55.6 Å². The summed E-state index contributed by atoms with van der Waals surface area (Å²) in [5.41, 5.74) is 25.3. The summed E-state index contributed by atoms with van der Waals surface area (Å²) < 4.78 is 0. The van der Waals surface area contributed by atoms with Crippen molar-refractivity contribution in [2.45, 2.75) is 76.0 Å². The molecule has 0 unspecified atom stereocenters. The van der Waals surface area contributed by atoms with E-state index in [2.05, 4.69) is 209 Å². The molecular formula is C60H51N. The highest BCUT2D eigenvalue weighted by molar-refractivity contribution is 6.00. The maximum Gasteiger partial charge on any atom is 0.0540 e. The summed E-state index contributed by atoms with van der Waals surface area (Å²) in [6.07, 6.45) is 6.25. The molecule has 296 valence electrons. The molecule has 0 aromatic heterocycles. The lowest BCUT2D eigenvalue weighted by atomic mass is 9.68. The molecule has 0 amide bonds. The van der Waals surface area contributed by atoms with Crippen molar-refractivity contribution in [3.05, 3.63) is 209 Å². The Morgan fingerprint density at radius 2 is 0.852 bits per heavy atom. The predicted octanol–water partition coefficient (Wildman–Crippen LogP) is 16.3. The summed E-state index contributed by atoms with van der Waals surface area (Å²) in [6, 6.07) is 67.3. The lowest BCUT2D eigenvalue weighted by Gasteiger charge is -2.37. The second kappa shape index (κ2) is 13.3. The van der Waals surface area contributed by atoms with Crippen LogP contribution in [-0.2, 0) is 16.2 Å². The van der Waals surface area contributed by atoms with Crippen LogP contribution in [0.15, 0.2) is 176 Å². The standard InChI is InChI=1S/C60H51N/c1-58(2)49-25-11-6-21-43(49)48-37-39(31-34-51(48)58)41-19-9-14-29-55(41)61(40-32-33-44-42-20-7-13-27-52(42)60(54(44)38-40)35-16-5-17-36-60)56-30-15-10-22-45(56)46-24-18-28-53-57(46)47-23-8-12-26-50(47)59(53,3)4/h6-15,18-34,37-38H,5,16-17,35-36H2,1-4H3. The zero-order valence-electron chi connectivity index (χ0n) is 35.7. The van der Waals surface area contributed by atoms with Crippen molar-refractivity contribution in [3.63, 3.8) is 0 Å². The molecule has 12 rings (SSSR count). The number of nitrogens with zero attached hydrogens (tertiary/aromatic N) is 1. The van der Waals surface area contributed by atoms with Gasteiger partial charge in [0.05, 0.1) is 11.4 Å². The Bertz CT molecular complexity index is 3080.